The topological polar surface area (TPSA) is 42.0 Å². The largest absolute Gasteiger partial charge is 0.304 e. The molecule has 84 valence electrons. The van der Waals surface area contributed by atoms with Crippen LogP contribution in [0.25, 0.3) is 0 Å². The van der Waals surface area contributed by atoms with Gasteiger partial charge in [0, 0.05) is 24.9 Å². The van der Waals surface area contributed by atoms with Gasteiger partial charge in [-0.1, -0.05) is 11.6 Å². The molecule has 3 nitrogen and oxygen atoms in total. The molecule has 1 aromatic rings. The normalized spacial score (nSPS) is 33.1. The van der Waals surface area contributed by atoms with Gasteiger partial charge in [0.1, 0.15) is 0 Å². The number of aromatic nitrogens is 1. The van der Waals surface area contributed by atoms with Crippen molar-refractivity contribution in [2.75, 3.05) is 0 Å². The summed E-state index contributed by atoms with van der Waals surface area (Å²) >= 11 is 5.94. The fourth-order valence-corrected chi connectivity index (χ4v) is 3.00. The smallest absolute Gasteiger partial charge is 0.151 e. The number of halogens is 1. The standard InChI is InChI=1S/C12H13ClN2O/c13-9-1-8(5-14-6-9)7-2-10-4-12(16)11(3-7)15-10/h1,5-7,10-11,15H,2-4H2. The number of fused-ring (bicyclic) bond motifs is 2. The molecule has 3 heterocycles. The Morgan fingerprint density at radius 2 is 2.25 bits per heavy atom. The van der Waals surface area contributed by atoms with E-state index >= 15 is 0 Å². The molecule has 0 amide bonds. The van der Waals surface area contributed by atoms with Crippen LogP contribution in [0.3, 0.4) is 0 Å². The summed E-state index contributed by atoms with van der Waals surface area (Å²) in [6, 6.07) is 2.38. The number of hydrogen-bond donors (Lipinski definition) is 1. The highest BCUT2D eigenvalue weighted by molar-refractivity contribution is 6.30. The predicted molar refractivity (Wildman–Crippen MR) is 61.6 cm³/mol. The van der Waals surface area contributed by atoms with Crippen LogP contribution in [0.1, 0.15) is 30.7 Å². The zero-order valence-electron chi connectivity index (χ0n) is 8.82. The summed E-state index contributed by atoms with van der Waals surface area (Å²) in [5.74, 6) is 0.788. The summed E-state index contributed by atoms with van der Waals surface area (Å²) in [4.78, 5) is 15.7. The fourth-order valence-electron chi connectivity index (χ4n) is 2.82. The molecule has 3 unspecified atom stereocenters. The van der Waals surface area contributed by atoms with E-state index in [1.54, 1.807) is 6.20 Å². The predicted octanol–water partition coefficient (Wildman–Crippen LogP) is 1.91. The molecule has 3 rings (SSSR count). The van der Waals surface area contributed by atoms with Crippen LogP contribution in [0.2, 0.25) is 5.02 Å². The maximum atomic E-state index is 11.6. The van der Waals surface area contributed by atoms with E-state index in [0.717, 1.165) is 12.8 Å². The van der Waals surface area contributed by atoms with Gasteiger partial charge >= 0.3 is 0 Å². The number of nitrogens with one attached hydrogen (secondary N) is 1. The average molecular weight is 237 g/mol. The molecule has 2 aliphatic rings. The number of rotatable bonds is 1. The number of carbonyl (C=O) groups excluding carboxylic acids is 1. The van der Waals surface area contributed by atoms with E-state index < -0.39 is 0 Å². The van der Waals surface area contributed by atoms with Crippen molar-refractivity contribution in [3.05, 3.63) is 29.0 Å². The second-order valence-electron chi connectivity index (χ2n) is 4.69. The van der Waals surface area contributed by atoms with Crippen LogP contribution in [0.5, 0.6) is 0 Å². The highest BCUT2D eigenvalue weighted by atomic mass is 35.5. The monoisotopic (exact) mass is 236 g/mol. The van der Waals surface area contributed by atoms with Crippen LogP contribution in [0.15, 0.2) is 18.5 Å². The summed E-state index contributed by atoms with van der Waals surface area (Å²) in [7, 11) is 0. The number of carbonyl (C=O) groups is 1. The van der Waals surface area contributed by atoms with Crippen LogP contribution < -0.4 is 5.32 Å². The van der Waals surface area contributed by atoms with Crippen molar-refractivity contribution in [3.8, 4) is 0 Å². The van der Waals surface area contributed by atoms with Gasteiger partial charge in [0.05, 0.1) is 11.1 Å². The number of ketones is 1. The number of pyridine rings is 1. The number of hydrogen-bond acceptors (Lipinski definition) is 3. The van der Waals surface area contributed by atoms with Crippen molar-refractivity contribution in [3.63, 3.8) is 0 Å². The minimum Gasteiger partial charge on any atom is -0.304 e. The summed E-state index contributed by atoms with van der Waals surface area (Å²) in [5.41, 5.74) is 1.17. The van der Waals surface area contributed by atoms with Crippen LogP contribution in [-0.2, 0) is 4.79 Å². The molecule has 3 atom stereocenters. The van der Waals surface area contributed by atoms with Gasteiger partial charge in [0.15, 0.2) is 5.78 Å². The first-order valence-electron chi connectivity index (χ1n) is 5.61. The van der Waals surface area contributed by atoms with E-state index in [9.17, 15) is 4.79 Å². The highest BCUT2D eigenvalue weighted by Gasteiger charge is 2.39. The van der Waals surface area contributed by atoms with Gasteiger partial charge < -0.3 is 5.32 Å². The Hall–Kier alpha value is -0.930. The maximum absolute atomic E-state index is 11.6. The minimum atomic E-state index is 0.0581. The second kappa shape index (κ2) is 3.82. The molecule has 1 aromatic heterocycles. The Balaban J connectivity index is 1.85. The first-order valence-corrected chi connectivity index (χ1v) is 5.99. The molecule has 2 saturated heterocycles. The molecule has 16 heavy (non-hydrogen) atoms. The van der Waals surface area contributed by atoms with E-state index in [1.807, 2.05) is 12.3 Å². The van der Waals surface area contributed by atoms with Crippen molar-refractivity contribution in [1.82, 2.24) is 10.3 Å². The van der Waals surface area contributed by atoms with E-state index in [4.69, 9.17) is 11.6 Å². The van der Waals surface area contributed by atoms with Gasteiger partial charge in [-0.25, -0.2) is 0 Å². The molecule has 0 aromatic carbocycles. The third-order valence-electron chi connectivity index (χ3n) is 3.56. The van der Waals surface area contributed by atoms with Gasteiger partial charge in [-0.3, -0.25) is 9.78 Å². The molecular weight excluding hydrogens is 224 g/mol. The SMILES string of the molecule is O=C1CC2CC(c3cncc(Cl)c3)CC1N2. The lowest BCUT2D eigenvalue weighted by Crippen LogP contribution is -2.38. The molecule has 1 N–H and O–H groups in total. The van der Waals surface area contributed by atoms with Crippen molar-refractivity contribution < 1.29 is 4.79 Å². The van der Waals surface area contributed by atoms with Gasteiger partial charge in [-0.15, -0.1) is 0 Å². The number of piperidine rings is 1. The Morgan fingerprint density at radius 1 is 1.38 bits per heavy atom. The lowest BCUT2D eigenvalue weighted by Gasteiger charge is -2.28. The molecule has 2 aliphatic heterocycles. The molecule has 0 spiro atoms. The Bertz CT molecular complexity index is 435. The molecule has 0 radical (unpaired) electrons. The van der Waals surface area contributed by atoms with Gasteiger partial charge in [0.2, 0.25) is 0 Å². The molecule has 4 heteroatoms. The summed E-state index contributed by atoms with van der Waals surface area (Å²) in [6.07, 6.45) is 6.11. The van der Waals surface area contributed by atoms with E-state index in [2.05, 4.69) is 10.3 Å². The summed E-state index contributed by atoms with van der Waals surface area (Å²) in [5, 5.41) is 4.03. The van der Waals surface area contributed by atoms with E-state index in [1.165, 1.54) is 5.56 Å². The molecule has 0 saturated carbocycles. The third kappa shape index (κ3) is 1.74. The third-order valence-corrected chi connectivity index (χ3v) is 3.77. The lowest BCUT2D eigenvalue weighted by molar-refractivity contribution is -0.118. The zero-order valence-corrected chi connectivity index (χ0v) is 9.57. The summed E-state index contributed by atoms with van der Waals surface area (Å²) in [6.45, 7) is 0. The van der Waals surface area contributed by atoms with E-state index in [-0.39, 0.29) is 6.04 Å². The quantitative estimate of drug-likeness (QED) is 0.810. The molecule has 0 aliphatic carbocycles. The maximum Gasteiger partial charge on any atom is 0.151 e. The van der Waals surface area contributed by atoms with Crippen molar-refractivity contribution in [2.45, 2.75) is 37.3 Å². The van der Waals surface area contributed by atoms with Crippen molar-refractivity contribution in [2.24, 2.45) is 0 Å². The number of Topliss-reactive ketones (excluding diaryl/α,β-unsaturated/α-hetero) is 1. The van der Waals surface area contributed by atoms with Gasteiger partial charge in [0.25, 0.3) is 0 Å². The molecule has 2 bridgehead atoms. The van der Waals surface area contributed by atoms with Crippen LogP contribution >= 0.6 is 11.6 Å². The second-order valence-corrected chi connectivity index (χ2v) is 5.13. The highest BCUT2D eigenvalue weighted by Crippen LogP contribution is 2.35. The fraction of sp³-hybridized carbons (Fsp3) is 0.500. The van der Waals surface area contributed by atoms with Crippen LogP contribution in [0, 0.1) is 0 Å². The van der Waals surface area contributed by atoms with Crippen LogP contribution in [-0.4, -0.2) is 22.9 Å². The van der Waals surface area contributed by atoms with Crippen molar-refractivity contribution in [1.29, 1.82) is 0 Å². The zero-order chi connectivity index (χ0) is 11.1. The van der Waals surface area contributed by atoms with Gasteiger partial charge in [-0.2, -0.15) is 0 Å². The first-order chi connectivity index (χ1) is 7.72. The minimum absolute atomic E-state index is 0.0581. The number of nitrogens with zero attached hydrogens (tertiary/aromatic N) is 1. The van der Waals surface area contributed by atoms with E-state index in [0.29, 0.717) is 29.2 Å². The first kappa shape index (κ1) is 10.2. The van der Waals surface area contributed by atoms with Gasteiger partial charge in [-0.05, 0) is 30.4 Å². The summed E-state index contributed by atoms with van der Waals surface area (Å²) < 4.78 is 0. The Labute approximate surface area is 99.2 Å². The lowest BCUT2D eigenvalue weighted by atomic mass is 9.87. The van der Waals surface area contributed by atoms with Crippen LogP contribution in [0.4, 0.5) is 0 Å². The Kier molecular flexibility index (Phi) is 2.45. The Morgan fingerprint density at radius 3 is 3.00 bits per heavy atom. The van der Waals surface area contributed by atoms with Crippen molar-refractivity contribution >= 4 is 17.4 Å². The average Bonchev–Trinajstić information content (AvgIpc) is 2.52. The molecular formula is C12H13ClN2O. The molecule has 2 fully saturated rings.